The highest BCUT2D eigenvalue weighted by atomic mass is 32.1. The van der Waals surface area contributed by atoms with Gasteiger partial charge in [0.25, 0.3) is 0 Å². The second-order valence-corrected chi connectivity index (χ2v) is 5.54. The molecule has 3 aromatic rings. The van der Waals surface area contributed by atoms with Crippen LogP contribution < -0.4 is 0 Å². The number of rotatable bonds is 4. The number of aromatic nitrogens is 2. The standard InChI is InChI=1S/C16H16N2S/c1-2-3-8-13-12-7-4-5-9-14(12)18-16(17-13)15-10-6-11-19-15/h4-7,9-11H,2-3,8H2,1H3. The zero-order chi connectivity index (χ0) is 13.1. The summed E-state index contributed by atoms with van der Waals surface area (Å²) in [5.41, 5.74) is 2.22. The van der Waals surface area contributed by atoms with Crippen LogP contribution in [-0.2, 0) is 6.42 Å². The third kappa shape index (κ3) is 2.51. The summed E-state index contributed by atoms with van der Waals surface area (Å²) in [5.74, 6) is 0.861. The molecule has 0 aliphatic rings. The fourth-order valence-corrected chi connectivity index (χ4v) is 2.85. The molecule has 0 radical (unpaired) electrons. The zero-order valence-corrected chi connectivity index (χ0v) is 11.8. The quantitative estimate of drug-likeness (QED) is 0.685. The lowest BCUT2D eigenvalue weighted by Crippen LogP contribution is -1.97. The lowest BCUT2D eigenvalue weighted by Gasteiger charge is -2.07. The molecular weight excluding hydrogens is 252 g/mol. The van der Waals surface area contributed by atoms with Crippen molar-refractivity contribution < 1.29 is 0 Å². The molecule has 1 aromatic carbocycles. The van der Waals surface area contributed by atoms with Crippen LogP contribution in [0.15, 0.2) is 41.8 Å². The van der Waals surface area contributed by atoms with Crippen molar-refractivity contribution >= 4 is 22.2 Å². The number of benzene rings is 1. The highest BCUT2D eigenvalue weighted by Gasteiger charge is 2.09. The minimum Gasteiger partial charge on any atom is -0.232 e. The van der Waals surface area contributed by atoms with Crippen molar-refractivity contribution in [2.45, 2.75) is 26.2 Å². The van der Waals surface area contributed by atoms with E-state index in [2.05, 4.69) is 41.6 Å². The van der Waals surface area contributed by atoms with Crippen LogP contribution in [0.2, 0.25) is 0 Å². The number of hydrogen-bond donors (Lipinski definition) is 0. The molecular formula is C16H16N2S. The molecule has 2 nitrogen and oxygen atoms in total. The van der Waals surface area contributed by atoms with E-state index in [1.54, 1.807) is 11.3 Å². The van der Waals surface area contributed by atoms with Crippen LogP contribution in [0.3, 0.4) is 0 Å². The van der Waals surface area contributed by atoms with Crippen LogP contribution in [0.5, 0.6) is 0 Å². The molecule has 3 heteroatoms. The molecule has 0 atom stereocenters. The first-order chi connectivity index (χ1) is 9.38. The van der Waals surface area contributed by atoms with Crippen LogP contribution in [0.4, 0.5) is 0 Å². The molecule has 0 amide bonds. The van der Waals surface area contributed by atoms with Crippen LogP contribution in [-0.4, -0.2) is 9.97 Å². The number of unbranched alkanes of at least 4 members (excludes halogenated alkanes) is 1. The van der Waals surface area contributed by atoms with Gasteiger partial charge in [0.1, 0.15) is 0 Å². The average molecular weight is 268 g/mol. The Kier molecular flexibility index (Phi) is 3.56. The van der Waals surface area contributed by atoms with E-state index in [0.29, 0.717) is 0 Å². The summed E-state index contributed by atoms with van der Waals surface area (Å²) in [4.78, 5) is 10.6. The van der Waals surface area contributed by atoms with Gasteiger partial charge in [0.05, 0.1) is 16.1 Å². The number of fused-ring (bicyclic) bond motifs is 1. The van der Waals surface area contributed by atoms with E-state index in [1.807, 2.05) is 12.1 Å². The van der Waals surface area contributed by atoms with E-state index in [-0.39, 0.29) is 0 Å². The van der Waals surface area contributed by atoms with E-state index in [9.17, 15) is 0 Å². The number of hydrogen-bond acceptors (Lipinski definition) is 3. The molecule has 0 saturated heterocycles. The van der Waals surface area contributed by atoms with Crippen LogP contribution in [0, 0.1) is 0 Å². The van der Waals surface area contributed by atoms with Crippen molar-refractivity contribution in [3.8, 4) is 10.7 Å². The van der Waals surface area contributed by atoms with Crippen molar-refractivity contribution in [3.63, 3.8) is 0 Å². The number of nitrogens with zero attached hydrogens (tertiary/aromatic N) is 2. The minimum atomic E-state index is 0.861. The molecule has 0 fully saturated rings. The average Bonchev–Trinajstić information content (AvgIpc) is 2.98. The van der Waals surface area contributed by atoms with E-state index < -0.39 is 0 Å². The minimum absolute atomic E-state index is 0.861. The second-order valence-electron chi connectivity index (χ2n) is 4.59. The molecule has 0 saturated carbocycles. The Morgan fingerprint density at radius 2 is 1.95 bits per heavy atom. The van der Waals surface area contributed by atoms with Crippen LogP contribution in [0.25, 0.3) is 21.6 Å². The predicted molar refractivity (Wildman–Crippen MR) is 81.5 cm³/mol. The van der Waals surface area contributed by atoms with Gasteiger partial charge in [0.2, 0.25) is 0 Å². The topological polar surface area (TPSA) is 25.8 Å². The molecule has 0 unspecified atom stereocenters. The molecule has 0 bridgehead atoms. The van der Waals surface area contributed by atoms with Gasteiger partial charge >= 0.3 is 0 Å². The number of para-hydroxylation sites is 1. The van der Waals surface area contributed by atoms with Gasteiger partial charge in [-0.1, -0.05) is 37.6 Å². The maximum Gasteiger partial charge on any atom is 0.170 e. The Bertz CT molecular complexity index is 674. The summed E-state index contributed by atoms with van der Waals surface area (Å²) in [6, 6.07) is 12.4. The summed E-state index contributed by atoms with van der Waals surface area (Å²) in [6.45, 7) is 2.21. The first-order valence-corrected chi connectivity index (χ1v) is 7.56. The predicted octanol–water partition coefficient (Wildman–Crippen LogP) is 4.70. The van der Waals surface area contributed by atoms with Gasteiger partial charge in [0.15, 0.2) is 5.82 Å². The van der Waals surface area contributed by atoms with Gasteiger partial charge in [0, 0.05) is 5.39 Å². The lowest BCUT2D eigenvalue weighted by molar-refractivity contribution is 0.781. The molecule has 0 aliphatic heterocycles. The highest BCUT2D eigenvalue weighted by Crippen LogP contribution is 2.25. The highest BCUT2D eigenvalue weighted by molar-refractivity contribution is 7.13. The summed E-state index contributed by atoms with van der Waals surface area (Å²) in [5, 5.41) is 3.26. The molecule has 3 rings (SSSR count). The van der Waals surface area contributed by atoms with E-state index >= 15 is 0 Å². The van der Waals surface area contributed by atoms with Crippen molar-refractivity contribution in [1.29, 1.82) is 0 Å². The van der Waals surface area contributed by atoms with Gasteiger partial charge in [-0.2, -0.15) is 0 Å². The SMILES string of the molecule is CCCCc1nc(-c2cccs2)nc2ccccc12. The summed E-state index contributed by atoms with van der Waals surface area (Å²) < 4.78 is 0. The van der Waals surface area contributed by atoms with Gasteiger partial charge in [-0.05, 0) is 30.4 Å². The molecule has 2 aromatic heterocycles. The monoisotopic (exact) mass is 268 g/mol. The van der Waals surface area contributed by atoms with E-state index in [1.165, 1.54) is 23.9 Å². The molecule has 0 aliphatic carbocycles. The smallest absolute Gasteiger partial charge is 0.170 e. The van der Waals surface area contributed by atoms with Gasteiger partial charge in [-0.25, -0.2) is 9.97 Å². The Morgan fingerprint density at radius 3 is 2.74 bits per heavy atom. The maximum absolute atomic E-state index is 4.78. The van der Waals surface area contributed by atoms with E-state index in [4.69, 9.17) is 4.98 Å². The van der Waals surface area contributed by atoms with Crippen molar-refractivity contribution in [2.24, 2.45) is 0 Å². The molecule has 0 spiro atoms. The number of aryl methyl sites for hydroxylation is 1. The first kappa shape index (κ1) is 12.3. The van der Waals surface area contributed by atoms with Crippen molar-refractivity contribution in [3.05, 3.63) is 47.5 Å². The summed E-state index contributed by atoms with van der Waals surface area (Å²) in [7, 11) is 0. The maximum atomic E-state index is 4.78. The van der Waals surface area contributed by atoms with Gasteiger partial charge in [-0.3, -0.25) is 0 Å². The second kappa shape index (κ2) is 5.49. The molecule has 96 valence electrons. The summed E-state index contributed by atoms with van der Waals surface area (Å²) >= 11 is 1.69. The Hall–Kier alpha value is -1.74. The van der Waals surface area contributed by atoms with Gasteiger partial charge < -0.3 is 0 Å². The first-order valence-electron chi connectivity index (χ1n) is 6.68. The Labute approximate surface area is 117 Å². The number of thiophene rings is 1. The largest absolute Gasteiger partial charge is 0.232 e. The van der Waals surface area contributed by atoms with Gasteiger partial charge in [-0.15, -0.1) is 11.3 Å². The third-order valence-corrected chi connectivity index (χ3v) is 4.06. The van der Waals surface area contributed by atoms with Crippen molar-refractivity contribution in [1.82, 2.24) is 9.97 Å². The Balaban J connectivity index is 2.15. The van der Waals surface area contributed by atoms with E-state index in [0.717, 1.165) is 22.6 Å². The zero-order valence-electron chi connectivity index (χ0n) is 11.0. The fourth-order valence-electron chi connectivity index (χ4n) is 2.19. The molecule has 2 heterocycles. The lowest BCUT2D eigenvalue weighted by atomic mass is 10.1. The fraction of sp³-hybridized carbons (Fsp3) is 0.250. The molecule has 19 heavy (non-hydrogen) atoms. The van der Waals surface area contributed by atoms with Crippen LogP contribution in [0.1, 0.15) is 25.5 Å². The third-order valence-electron chi connectivity index (χ3n) is 3.19. The summed E-state index contributed by atoms with van der Waals surface area (Å²) in [6.07, 6.45) is 3.38. The Morgan fingerprint density at radius 1 is 1.05 bits per heavy atom. The van der Waals surface area contributed by atoms with Crippen LogP contribution >= 0.6 is 11.3 Å². The van der Waals surface area contributed by atoms with Crippen molar-refractivity contribution in [2.75, 3.05) is 0 Å². The normalized spacial score (nSPS) is 11.0. The molecule has 0 N–H and O–H groups in total.